The molecular weight excluding hydrogens is 338 g/mol. The lowest BCUT2D eigenvalue weighted by molar-refractivity contribution is -0.00471. The molecule has 128 valence electrons. The van der Waals surface area contributed by atoms with Gasteiger partial charge in [0.1, 0.15) is 6.04 Å². The standard InChI is InChI=1S/C14H15N3O6S/c1-8-13(23-24(3,19)20)21-14(18)17(8)11-6-4-10(5-7-11)12-15-9(2)22-16-12/h4-8,13H,1-3H3. The Morgan fingerprint density at radius 1 is 1.25 bits per heavy atom. The lowest BCUT2D eigenvalue weighted by Gasteiger charge is -2.20. The molecule has 2 aromatic rings. The Hall–Kier alpha value is -2.46. The van der Waals surface area contributed by atoms with Gasteiger partial charge in [0, 0.05) is 18.2 Å². The summed E-state index contributed by atoms with van der Waals surface area (Å²) in [6.07, 6.45) is -0.968. The van der Waals surface area contributed by atoms with Gasteiger partial charge >= 0.3 is 6.09 Å². The summed E-state index contributed by atoms with van der Waals surface area (Å²) in [5, 5.41) is 3.82. The summed E-state index contributed by atoms with van der Waals surface area (Å²) < 4.78 is 37.2. The van der Waals surface area contributed by atoms with E-state index < -0.39 is 28.5 Å². The molecule has 0 N–H and O–H groups in total. The highest BCUT2D eigenvalue weighted by atomic mass is 32.2. The predicted octanol–water partition coefficient (Wildman–Crippen LogP) is 1.69. The van der Waals surface area contributed by atoms with E-state index in [1.54, 1.807) is 38.1 Å². The van der Waals surface area contributed by atoms with Crippen molar-refractivity contribution in [3.05, 3.63) is 30.2 Å². The number of hydrogen-bond acceptors (Lipinski definition) is 8. The first kappa shape index (κ1) is 16.4. The summed E-state index contributed by atoms with van der Waals surface area (Å²) in [5.74, 6) is 0.890. The first-order valence-electron chi connectivity index (χ1n) is 7.03. The maximum atomic E-state index is 12.0. The van der Waals surface area contributed by atoms with Crippen LogP contribution < -0.4 is 4.90 Å². The summed E-state index contributed by atoms with van der Waals surface area (Å²) in [4.78, 5) is 17.5. The molecule has 0 spiro atoms. The molecule has 24 heavy (non-hydrogen) atoms. The van der Waals surface area contributed by atoms with Crippen LogP contribution in [0.25, 0.3) is 11.4 Å². The van der Waals surface area contributed by atoms with Crippen LogP contribution in [0.4, 0.5) is 10.5 Å². The Bertz CT molecular complexity index is 861. The van der Waals surface area contributed by atoms with Gasteiger partial charge in [-0.1, -0.05) is 5.16 Å². The van der Waals surface area contributed by atoms with Crippen molar-refractivity contribution in [1.82, 2.24) is 10.1 Å². The fraction of sp³-hybridized carbons (Fsp3) is 0.357. The molecule has 10 heteroatoms. The summed E-state index contributed by atoms with van der Waals surface area (Å²) >= 11 is 0. The molecule has 1 aliphatic heterocycles. The summed E-state index contributed by atoms with van der Waals surface area (Å²) in [7, 11) is -3.74. The quantitative estimate of drug-likeness (QED) is 0.763. The Labute approximate surface area is 138 Å². The van der Waals surface area contributed by atoms with E-state index in [-0.39, 0.29) is 0 Å². The van der Waals surface area contributed by atoms with Crippen molar-refractivity contribution in [1.29, 1.82) is 0 Å². The fourth-order valence-corrected chi connectivity index (χ4v) is 2.89. The number of hydrogen-bond donors (Lipinski definition) is 0. The fourth-order valence-electron chi connectivity index (χ4n) is 2.34. The van der Waals surface area contributed by atoms with Crippen molar-refractivity contribution in [3.63, 3.8) is 0 Å². The molecule has 3 rings (SSSR count). The first-order chi connectivity index (χ1) is 11.2. The van der Waals surface area contributed by atoms with E-state index in [1.165, 1.54) is 4.90 Å². The number of carbonyl (C=O) groups excluding carboxylic acids is 1. The third-order valence-electron chi connectivity index (χ3n) is 3.42. The minimum Gasteiger partial charge on any atom is -0.416 e. The minimum absolute atomic E-state index is 0.439. The molecule has 0 aliphatic carbocycles. The Balaban J connectivity index is 1.82. The van der Waals surface area contributed by atoms with Crippen LogP contribution in [-0.2, 0) is 19.0 Å². The van der Waals surface area contributed by atoms with Gasteiger partial charge in [-0.2, -0.15) is 13.4 Å². The molecule has 1 saturated heterocycles. The van der Waals surface area contributed by atoms with Gasteiger partial charge in [0.2, 0.25) is 18.0 Å². The maximum absolute atomic E-state index is 12.0. The molecule has 1 aromatic carbocycles. The van der Waals surface area contributed by atoms with Gasteiger partial charge in [0.15, 0.2) is 0 Å². The number of nitrogens with zero attached hydrogens (tertiary/aromatic N) is 3. The van der Waals surface area contributed by atoms with Gasteiger partial charge in [0.05, 0.1) is 6.26 Å². The minimum atomic E-state index is -3.74. The average Bonchev–Trinajstić information content (AvgIpc) is 3.02. The molecular formula is C14H15N3O6S. The van der Waals surface area contributed by atoms with Crippen LogP contribution >= 0.6 is 0 Å². The number of aromatic nitrogens is 2. The van der Waals surface area contributed by atoms with E-state index in [0.29, 0.717) is 17.4 Å². The zero-order valence-corrected chi connectivity index (χ0v) is 14.0. The summed E-state index contributed by atoms with van der Waals surface area (Å²) in [5.41, 5.74) is 1.26. The van der Waals surface area contributed by atoms with Crippen molar-refractivity contribution >= 4 is 21.9 Å². The third-order valence-corrected chi connectivity index (χ3v) is 3.95. The van der Waals surface area contributed by atoms with Crippen molar-refractivity contribution < 1.29 is 26.7 Å². The molecule has 1 aliphatic rings. The third kappa shape index (κ3) is 3.24. The number of amides is 1. The number of anilines is 1. The lowest BCUT2D eigenvalue weighted by atomic mass is 10.1. The molecule has 2 unspecified atom stereocenters. The number of benzene rings is 1. The molecule has 0 bridgehead atoms. The largest absolute Gasteiger partial charge is 0.417 e. The van der Waals surface area contributed by atoms with Crippen molar-refractivity contribution in [2.75, 3.05) is 11.2 Å². The second-order valence-electron chi connectivity index (χ2n) is 5.35. The van der Waals surface area contributed by atoms with E-state index in [4.69, 9.17) is 13.4 Å². The van der Waals surface area contributed by atoms with Gasteiger partial charge in [-0.3, -0.25) is 4.90 Å². The van der Waals surface area contributed by atoms with Crippen molar-refractivity contribution in [3.8, 4) is 11.4 Å². The van der Waals surface area contributed by atoms with Crippen LogP contribution in [-0.4, -0.2) is 43.2 Å². The number of carbonyl (C=O) groups is 1. The van der Waals surface area contributed by atoms with E-state index in [2.05, 4.69) is 10.1 Å². The molecule has 2 atom stereocenters. The zero-order valence-electron chi connectivity index (χ0n) is 13.2. The Morgan fingerprint density at radius 3 is 2.46 bits per heavy atom. The van der Waals surface area contributed by atoms with Crippen LogP contribution in [0.15, 0.2) is 28.8 Å². The van der Waals surface area contributed by atoms with Gasteiger partial charge < -0.3 is 9.26 Å². The zero-order chi connectivity index (χ0) is 17.5. The van der Waals surface area contributed by atoms with Gasteiger partial charge in [0.25, 0.3) is 10.1 Å². The van der Waals surface area contributed by atoms with Crippen LogP contribution in [0.1, 0.15) is 12.8 Å². The number of rotatable bonds is 4. The van der Waals surface area contributed by atoms with Gasteiger partial charge in [-0.25, -0.2) is 8.98 Å². The second kappa shape index (κ2) is 5.87. The van der Waals surface area contributed by atoms with Crippen LogP contribution in [0.3, 0.4) is 0 Å². The molecule has 1 aromatic heterocycles. The monoisotopic (exact) mass is 353 g/mol. The Kier molecular flexibility index (Phi) is 4.01. The highest BCUT2D eigenvalue weighted by molar-refractivity contribution is 7.86. The van der Waals surface area contributed by atoms with Crippen LogP contribution in [0.5, 0.6) is 0 Å². The number of ether oxygens (including phenoxy) is 1. The highest BCUT2D eigenvalue weighted by Crippen LogP contribution is 2.29. The van der Waals surface area contributed by atoms with Crippen molar-refractivity contribution in [2.24, 2.45) is 0 Å². The molecule has 1 amide bonds. The first-order valence-corrected chi connectivity index (χ1v) is 8.85. The lowest BCUT2D eigenvalue weighted by Crippen LogP contribution is -2.35. The van der Waals surface area contributed by atoms with Gasteiger partial charge in [-0.05, 0) is 31.2 Å². The van der Waals surface area contributed by atoms with Crippen LogP contribution in [0.2, 0.25) is 0 Å². The molecule has 2 heterocycles. The van der Waals surface area contributed by atoms with Crippen molar-refractivity contribution in [2.45, 2.75) is 26.2 Å². The number of cyclic esters (lactones) is 1. The average molecular weight is 353 g/mol. The smallest absolute Gasteiger partial charge is 0.416 e. The molecule has 0 radical (unpaired) electrons. The second-order valence-corrected chi connectivity index (χ2v) is 6.95. The molecule has 9 nitrogen and oxygen atoms in total. The normalized spacial score (nSPS) is 21.1. The van der Waals surface area contributed by atoms with Crippen LogP contribution in [0, 0.1) is 6.92 Å². The van der Waals surface area contributed by atoms with E-state index in [0.717, 1.165) is 11.8 Å². The number of aryl methyl sites for hydroxylation is 1. The topological polar surface area (TPSA) is 112 Å². The SMILES string of the molecule is Cc1nc(-c2ccc(N3C(=O)OC(OS(C)(=O)=O)C3C)cc2)no1. The van der Waals surface area contributed by atoms with E-state index in [1.807, 2.05) is 0 Å². The summed E-state index contributed by atoms with van der Waals surface area (Å²) in [6, 6.07) is 6.21. The predicted molar refractivity (Wildman–Crippen MR) is 82.6 cm³/mol. The molecule has 1 fully saturated rings. The highest BCUT2D eigenvalue weighted by Gasteiger charge is 2.42. The van der Waals surface area contributed by atoms with Gasteiger partial charge in [-0.15, -0.1) is 0 Å². The maximum Gasteiger partial charge on any atom is 0.417 e. The Morgan fingerprint density at radius 2 is 1.92 bits per heavy atom. The van der Waals surface area contributed by atoms with E-state index >= 15 is 0 Å². The molecule has 0 saturated carbocycles. The van der Waals surface area contributed by atoms with E-state index in [9.17, 15) is 13.2 Å². The summed E-state index contributed by atoms with van der Waals surface area (Å²) in [6.45, 7) is 3.33.